The summed E-state index contributed by atoms with van der Waals surface area (Å²) in [5.74, 6) is 0. The van der Waals surface area contributed by atoms with Crippen molar-refractivity contribution in [2.24, 2.45) is 0 Å². The van der Waals surface area contributed by atoms with E-state index < -0.39 is 0 Å². The third-order valence-electron chi connectivity index (χ3n) is 2.94. The summed E-state index contributed by atoms with van der Waals surface area (Å²) in [5, 5.41) is 12.5. The first-order chi connectivity index (χ1) is 7.18. The molecular weight excluding hydrogens is 190 g/mol. The van der Waals surface area contributed by atoms with E-state index in [1.165, 1.54) is 13.1 Å². The van der Waals surface area contributed by atoms with Gasteiger partial charge in [-0.3, -0.25) is 4.90 Å². The molecule has 0 bridgehead atoms. The minimum Gasteiger partial charge on any atom is -0.393 e. The maximum Gasteiger partial charge on any atom is 0.0524 e. The molecule has 90 valence electrons. The van der Waals surface area contributed by atoms with Gasteiger partial charge in [-0.25, -0.2) is 0 Å². The first kappa shape index (κ1) is 12.9. The quantitative estimate of drug-likeness (QED) is 0.632. The molecule has 1 fully saturated rings. The standard InChI is InChI=1S/C11H25N3O/c1-11(15)3-6-13(2)9-10-14-7-4-12-5-8-14/h11-12,15H,3-10H2,1-2H3. The minimum atomic E-state index is -0.174. The molecule has 0 saturated carbocycles. The number of likely N-dealkylation sites (N-methyl/N-ethyl adjacent to an activating group) is 1. The summed E-state index contributed by atoms with van der Waals surface area (Å²) in [6, 6.07) is 0. The number of piperazine rings is 1. The van der Waals surface area contributed by atoms with E-state index in [9.17, 15) is 5.11 Å². The van der Waals surface area contributed by atoms with Gasteiger partial charge < -0.3 is 15.3 Å². The van der Waals surface area contributed by atoms with Crippen molar-refractivity contribution in [3.8, 4) is 0 Å². The summed E-state index contributed by atoms with van der Waals surface area (Å²) in [6.45, 7) is 9.68. The number of nitrogens with zero attached hydrogens (tertiary/aromatic N) is 2. The van der Waals surface area contributed by atoms with E-state index in [1.54, 1.807) is 0 Å². The Labute approximate surface area is 93.2 Å². The number of hydrogen-bond donors (Lipinski definition) is 2. The SMILES string of the molecule is CC(O)CCN(C)CCN1CCNCC1. The molecular formula is C11H25N3O. The third-order valence-corrected chi connectivity index (χ3v) is 2.94. The first-order valence-corrected chi connectivity index (χ1v) is 5.98. The molecule has 0 radical (unpaired) electrons. The van der Waals surface area contributed by atoms with Gasteiger partial charge in [-0.05, 0) is 20.4 Å². The molecule has 0 aromatic rings. The van der Waals surface area contributed by atoms with Crippen LogP contribution in [0.1, 0.15) is 13.3 Å². The molecule has 1 saturated heterocycles. The highest BCUT2D eigenvalue weighted by atomic mass is 16.3. The van der Waals surface area contributed by atoms with Gasteiger partial charge in [0, 0.05) is 45.8 Å². The van der Waals surface area contributed by atoms with Gasteiger partial charge in [-0.15, -0.1) is 0 Å². The summed E-state index contributed by atoms with van der Waals surface area (Å²) in [5.41, 5.74) is 0. The molecule has 0 aromatic carbocycles. The second-order valence-electron chi connectivity index (χ2n) is 4.53. The lowest BCUT2D eigenvalue weighted by molar-refractivity contribution is 0.154. The molecule has 2 N–H and O–H groups in total. The van der Waals surface area contributed by atoms with Crippen molar-refractivity contribution < 1.29 is 5.11 Å². The van der Waals surface area contributed by atoms with Crippen molar-refractivity contribution in [3.05, 3.63) is 0 Å². The highest BCUT2D eigenvalue weighted by Crippen LogP contribution is 1.96. The molecule has 1 heterocycles. The first-order valence-electron chi connectivity index (χ1n) is 5.98. The number of hydrogen-bond acceptors (Lipinski definition) is 4. The van der Waals surface area contributed by atoms with Gasteiger partial charge in [0.25, 0.3) is 0 Å². The Morgan fingerprint density at radius 2 is 2.00 bits per heavy atom. The number of aliphatic hydroxyl groups is 1. The second kappa shape index (κ2) is 7.17. The van der Waals surface area contributed by atoms with Gasteiger partial charge in [0.1, 0.15) is 0 Å². The largest absolute Gasteiger partial charge is 0.393 e. The average molecular weight is 215 g/mol. The maximum atomic E-state index is 9.17. The third kappa shape index (κ3) is 6.10. The molecule has 0 spiro atoms. The molecule has 4 nitrogen and oxygen atoms in total. The fourth-order valence-corrected chi connectivity index (χ4v) is 1.77. The number of aliphatic hydroxyl groups excluding tert-OH is 1. The molecule has 0 aliphatic carbocycles. The molecule has 15 heavy (non-hydrogen) atoms. The van der Waals surface area contributed by atoms with Crippen LogP contribution in [0, 0.1) is 0 Å². The zero-order valence-corrected chi connectivity index (χ0v) is 10.1. The summed E-state index contributed by atoms with van der Waals surface area (Å²) in [7, 11) is 2.13. The summed E-state index contributed by atoms with van der Waals surface area (Å²) in [4.78, 5) is 4.80. The van der Waals surface area contributed by atoms with Gasteiger partial charge in [0.15, 0.2) is 0 Å². The van der Waals surface area contributed by atoms with Crippen LogP contribution in [0.3, 0.4) is 0 Å². The molecule has 0 aromatic heterocycles. The lowest BCUT2D eigenvalue weighted by Crippen LogP contribution is -2.46. The van der Waals surface area contributed by atoms with E-state index >= 15 is 0 Å². The highest BCUT2D eigenvalue weighted by Gasteiger charge is 2.09. The number of rotatable bonds is 6. The lowest BCUT2D eigenvalue weighted by Gasteiger charge is -2.29. The Morgan fingerprint density at radius 1 is 1.33 bits per heavy atom. The molecule has 1 aliphatic rings. The van der Waals surface area contributed by atoms with Crippen LogP contribution < -0.4 is 5.32 Å². The number of nitrogens with one attached hydrogen (secondary N) is 1. The predicted octanol–water partition coefficient (Wildman–Crippen LogP) is -0.406. The Bertz CT molecular complexity index is 158. The van der Waals surface area contributed by atoms with Gasteiger partial charge in [0.05, 0.1) is 6.10 Å². The van der Waals surface area contributed by atoms with E-state index in [1.807, 2.05) is 6.92 Å². The normalized spacial score (nSPS) is 20.8. The molecule has 1 rings (SSSR count). The van der Waals surface area contributed by atoms with Crippen molar-refractivity contribution >= 4 is 0 Å². The van der Waals surface area contributed by atoms with Crippen LogP contribution in [0.15, 0.2) is 0 Å². The van der Waals surface area contributed by atoms with Gasteiger partial charge in [-0.2, -0.15) is 0 Å². The van der Waals surface area contributed by atoms with E-state index in [-0.39, 0.29) is 6.10 Å². The van der Waals surface area contributed by atoms with Crippen molar-refractivity contribution in [2.45, 2.75) is 19.4 Å². The van der Waals surface area contributed by atoms with Crippen LogP contribution in [0.2, 0.25) is 0 Å². The summed E-state index contributed by atoms with van der Waals surface area (Å²) < 4.78 is 0. The zero-order valence-electron chi connectivity index (χ0n) is 10.1. The van der Waals surface area contributed by atoms with Crippen LogP contribution in [0.25, 0.3) is 0 Å². The average Bonchev–Trinajstić information content (AvgIpc) is 2.25. The summed E-state index contributed by atoms with van der Waals surface area (Å²) >= 11 is 0. The molecule has 4 heteroatoms. The van der Waals surface area contributed by atoms with Crippen molar-refractivity contribution in [1.29, 1.82) is 0 Å². The van der Waals surface area contributed by atoms with E-state index in [2.05, 4.69) is 22.2 Å². The fourth-order valence-electron chi connectivity index (χ4n) is 1.77. The Kier molecular flexibility index (Phi) is 6.17. The van der Waals surface area contributed by atoms with Gasteiger partial charge >= 0.3 is 0 Å². The van der Waals surface area contributed by atoms with E-state index in [0.29, 0.717) is 0 Å². The van der Waals surface area contributed by atoms with Crippen LogP contribution in [-0.4, -0.2) is 73.9 Å². The highest BCUT2D eigenvalue weighted by molar-refractivity contribution is 4.68. The van der Waals surface area contributed by atoms with Crippen molar-refractivity contribution in [2.75, 3.05) is 52.9 Å². The van der Waals surface area contributed by atoms with Gasteiger partial charge in [0.2, 0.25) is 0 Å². The molecule has 1 atom stereocenters. The van der Waals surface area contributed by atoms with E-state index in [0.717, 1.165) is 39.1 Å². The Balaban J connectivity index is 2.02. The second-order valence-corrected chi connectivity index (χ2v) is 4.53. The molecule has 1 aliphatic heterocycles. The van der Waals surface area contributed by atoms with Crippen LogP contribution in [0.4, 0.5) is 0 Å². The predicted molar refractivity (Wildman–Crippen MR) is 63.1 cm³/mol. The molecule has 0 amide bonds. The van der Waals surface area contributed by atoms with Crippen LogP contribution >= 0.6 is 0 Å². The smallest absolute Gasteiger partial charge is 0.0524 e. The van der Waals surface area contributed by atoms with Gasteiger partial charge in [-0.1, -0.05) is 0 Å². The Hall–Kier alpha value is -0.160. The fraction of sp³-hybridized carbons (Fsp3) is 1.00. The van der Waals surface area contributed by atoms with E-state index in [4.69, 9.17) is 0 Å². The lowest BCUT2D eigenvalue weighted by atomic mass is 10.3. The molecule has 1 unspecified atom stereocenters. The monoisotopic (exact) mass is 215 g/mol. The van der Waals surface area contributed by atoms with Crippen LogP contribution in [-0.2, 0) is 0 Å². The Morgan fingerprint density at radius 3 is 2.60 bits per heavy atom. The maximum absolute atomic E-state index is 9.17. The zero-order chi connectivity index (χ0) is 11.1. The van der Waals surface area contributed by atoms with Crippen molar-refractivity contribution in [1.82, 2.24) is 15.1 Å². The summed E-state index contributed by atoms with van der Waals surface area (Å²) in [6.07, 6.45) is 0.699. The minimum absolute atomic E-state index is 0.174. The van der Waals surface area contributed by atoms with Crippen LogP contribution in [0.5, 0.6) is 0 Å². The topological polar surface area (TPSA) is 38.7 Å². The van der Waals surface area contributed by atoms with Crippen molar-refractivity contribution in [3.63, 3.8) is 0 Å².